The zero-order valence-electron chi connectivity index (χ0n) is 6.49. The maximum absolute atomic E-state index is 5.83. The molecule has 0 aromatic carbocycles. The van der Waals surface area contributed by atoms with Gasteiger partial charge in [-0.15, -0.1) is 0 Å². The van der Waals surface area contributed by atoms with Crippen molar-refractivity contribution in [1.29, 1.82) is 0 Å². The van der Waals surface area contributed by atoms with Crippen LogP contribution in [0, 0.1) is 0 Å². The molecule has 0 saturated heterocycles. The maximum atomic E-state index is 5.83. The van der Waals surface area contributed by atoms with Crippen LogP contribution in [0.2, 0.25) is 5.15 Å². The summed E-state index contributed by atoms with van der Waals surface area (Å²) < 4.78 is 8.07. The topological polar surface area (TPSA) is 25.8 Å². The first kappa shape index (κ1) is 8.78. The highest BCUT2D eigenvalue weighted by atomic mass is 35.5. The van der Waals surface area contributed by atoms with Crippen molar-refractivity contribution in [3.63, 3.8) is 0 Å². The van der Waals surface area contributed by atoms with Gasteiger partial charge in [0, 0.05) is 5.25 Å². The lowest BCUT2D eigenvalue weighted by atomic mass is 10.4. The molecule has 0 unspecified atom stereocenters. The Hall–Kier alpha value is 0.200. The molecule has 0 radical (unpaired) electrons. The lowest BCUT2D eigenvalue weighted by molar-refractivity contribution is 0.886. The van der Waals surface area contributed by atoms with Crippen LogP contribution in [0.3, 0.4) is 0 Å². The molecular formula is C7H9ClN2S2. The van der Waals surface area contributed by atoms with E-state index in [1.807, 2.05) is 0 Å². The predicted octanol–water partition coefficient (Wildman–Crippen LogP) is 3.23. The third-order valence-electron chi connectivity index (χ3n) is 2.00. The summed E-state index contributed by atoms with van der Waals surface area (Å²) in [6, 6.07) is 0. The summed E-state index contributed by atoms with van der Waals surface area (Å²) in [5.41, 5.74) is 0. The van der Waals surface area contributed by atoms with E-state index in [-0.39, 0.29) is 0 Å². The van der Waals surface area contributed by atoms with Gasteiger partial charge in [0.1, 0.15) is 5.03 Å². The van der Waals surface area contributed by atoms with E-state index >= 15 is 0 Å². The van der Waals surface area contributed by atoms with Gasteiger partial charge in [0.05, 0.1) is 11.7 Å². The molecule has 2 rings (SSSR count). The van der Waals surface area contributed by atoms with Gasteiger partial charge in [-0.1, -0.05) is 36.2 Å². The van der Waals surface area contributed by atoms with Crippen molar-refractivity contribution in [3.05, 3.63) is 5.15 Å². The molecule has 1 aromatic heterocycles. The van der Waals surface area contributed by atoms with E-state index in [9.17, 15) is 0 Å². The Labute approximate surface area is 85.0 Å². The molecule has 0 aliphatic heterocycles. The van der Waals surface area contributed by atoms with Gasteiger partial charge < -0.3 is 0 Å². The molecular weight excluding hydrogens is 212 g/mol. The second kappa shape index (κ2) is 3.94. The van der Waals surface area contributed by atoms with Gasteiger partial charge >= 0.3 is 0 Å². The van der Waals surface area contributed by atoms with Crippen LogP contribution in [0.5, 0.6) is 0 Å². The highest BCUT2D eigenvalue weighted by molar-refractivity contribution is 8.00. The number of halogens is 1. The van der Waals surface area contributed by atoms with Crippen LogP contribution >= 0.6 is 35.1 Å². The minimum absolute atomic E-state index is 0.580. The van der Waals surface area contributed by atoms with Crippen LogP contribution in [-0.2, 0) is 0 Å². The Morgan fingerprint density at radius 1 is 1.33 bits per heavy atom. The van der Waals surface area contributed by atoms with E-state index in [2.05, 4.69) is 8.75 Å². The second-order valence-electron chi connectivity index (χ2n) is 2.88. The maximum Gasteiger partial charge on any atom is 0.176 e. The van der Waals surface area contributed by atoms with Gasteiger partial charge in [-0.05, 0) is 12.8 Å². The van der Waals surface area contributed by atoms with E-state index in [1.165, 1.54) is 37.4 Å². The van der Waals surface area contributed by atoms with Crippen molar-refractivity contribution < 1.29 is 0 Å². The van der Waals surface area contributed by atoms with Crippen LogP contribution in [-0.4, -0.2) is 14.0 Å². The van der Waals surface area contributed by atoms with Crippen LogP contribution in [0.1, 0.15) is 25.7 Å². The Balaban J connectivity index is 1.98. The molecule has 1 aliphatic carbocycles. The summed E-state index contributed by atoms with van der Waals surface area (Å²) in [6.45, 7) is 0. The van der Waals surface area contributed by atoms with E-state index < -0.39 is 0 Å². The highest BCUT2D eigenvalue weighted by Gasteiger charge is 2.18. The molecule has 1 aromatic rings. The number of rotatable bonds is 2. The summed E-state index contributed by atoms with van der Waals surface area (Å²) >= 11 is 8.82. The predicted molar refractivity (Wildman–Crippen MR) is 53.0 cm³/mol. The molecule has 1 fully saturated rings. The Bertz CT molecular complexity index is 258. The molecule has 66 valence electrons. The van der Waals surface area contributed by atoms with Crippen LogP contribution in [0.15, 0.2) is 5.03 Å². The van der Waals surface area contributed by atoms with Crippen molar-refractivity contribution in [1.82, 2.24) is 8.75 Å². The SMILES string of the molecule is Clc1nsnc1SC1CCCC1. The quantitative estimate of drug-likeness (QED) is 0.766. The average molecular weight is 221 g/mol. The minimum atomic E-state index is 0.580. The molecule has 5 heteroatoms. The zero-order chi connectivity index (χ0) is 8.39. The smallest absolute Gasteiger partial charge is 0.165 e. The average Bonchev–Trinajstić information content (AvgIpc) is 2.65. The molecule has 0 spiro atoms. The summed E-state index contributed by atoms with van der Waals surface area (Å²) in [4.78, 5) is 0. The normalized spacial score (nSPS) is 18.8. The summed E-state index contributed by atoms with van der Waals surface area (Å²) in [7, 11) is 0. The van der Waals surface area contributed by atoms with Gasteiger partial charge in [0.25, 0.3) is 0 Å². The molecule has 2 nitrogen and oxygen atoms in total. The first-order valence-electron chi connectivity index (χ1n) is 4.01. The number of thioether (sulfide) groups is 1. The lowest BCUT2D eigenvalue weighted by Crippen LogP contribution is -1.93. The van der Waals surface area contributed by atoms with Crippen molar-refractivity contribution in [2.24, 2.45) is 0 Å². The molecule has 0 bridgehead atoms. The van der Waals surface area contributed by atoms with Crippen LogP contribution in [0.25, 0.3) is 0 Å². The van der Waals surface area contributed by atoms with Crippen LogP contribution in [0.4, 0.5) is 0 Å². The Kier molecular flexibility index (Phi) is 2.88. The standard InChI is InChI=1S/C7H9ClN2S2/c8-6-7(10-12-9-6)11-5-3-1-2-4-5/h5H,1-4H2. The number of hydrogen-bond acceptors (Lipinski definition) is 4. The van der Waals surface area contributed by atoms with Gasteiger partial charge in [-0.25, -0.2) is 0 Å². The van der Waals surface area contributed by atoms with Gasteiger partial charge in [-0.3, -0.25) is 0 Å². The highest BCUT2D eigenvalue weighted by Crippen LogP contribution is 2.36. The first-order chi connectivity index (χ1) is 5.86. The van der Waals surface area contributed by atoms with E-state index in [4.69, 9.17) is 11.6 Å². The van der Waals surface area contributed by atoms with E-state index in [0.29, 0.717) is 5.15 Å². The van der Waals surface area contributed by atoms with Gasteiger partial charge in [-0.2, -0.15) is 8.75 Å². The lowest BCUT2D eigenvalue weighted by Gasteiger charge is -2.04. The number of aromatic nitrogens is 2. The molecule has 1 aliphatic rings. The fourth-order valence-electron chi connectivity index (χ4n) is 1.40. The third-order valence-corrected chi connectivity index (χ3v) is 4.43. The van der Waals surface area contributed by atoms with Crippen molar-refractivity contribution in [3.8, 4) is 0 Å². The Morgan fingerprint density at radius 2 is 2.08 bits per heavy atom. The third kappa shape index (κ3) is 1.92. The molecule has 1 heterocycles. The van der Waals surface area contributed by atoms with E-state index in [0.717, 1.165) is 10.3 Å². The van der Waals surface area contributed by atoms with Crippen molar-refractivity contribution >= 4 is 35.1 Å². The molecule has 12 heavy (non-hydrogen) atoms. The largest absolute Gasteiger partial charge is 0.176 e. The Morgan fingerprint density at radius 3 is 2.67 bits per heavy atom. The monoisotopic (exact) mass is 220 g/mol. The van der Waals surface area contributed by atoms with Crippen molar-refractivity contribution in [2.45, 2.75) is 36.0 Å². The van der Waals surface area contributed by atoms with Gasteiger partial charge in [0.15, 0.2) is 5.15 Å². The molecule has 1 saturated carbocycles. The zero-order valence-corrected chi connectivity index (χ0v) is 8.88. The summed E-state index contributed by atoms with van der Waals surface area (Å²) in [6.07, 6.45) is 5.32. The summed E-state index contributed by atoms with van der Waals surface area (Å²) in [5, 5.41) is 2.23. The van der Waals surface area contributed by atoms with E-state index in [1.54, 1.807) is 11.8 Å². The molecule has 0 atom stereocenters. The second-order valence-corrected chi connectivity index (χ2v) is 5.06. The van der Waals surface area contributed by atoms with Gasteiger partial charge in [0.2, 0.25) is 0 Å². The number of nitrogens with zero attached hydrogens (tertiary/aromatic N) is 2. The minimum Gasteiger partial charge on any atom is -0.165 e. The fraction of sp³-hybridized carbons (Fsp3) is 0.714. The first-order valence-corrected chi connectivity index (χ1v) is 6.00. The molecule has 0 N–H and O–H groups in total. The van der Waals surface area contributed by atoms with Crippen LogP contribution < -0.4 is 0 Å². The summed E-state index contributed by atoms with van der Waals surface area (Å²) in [5.74, 6) is 0. The molecule has 0 amide bonds. The van der Waals surface area contributed by atoms with Crippen molar-refractivity contribution in [2.75, 3.05) is 0 Å². The fourth-order valence-corrected chi connectivity index (χ4v) is 3.44. The number of hydrogen-bond donors (Lipinski definition) is 0.